The maximum Gasteiger partial charge on any atom is 0.416 e. The minimum Gasteiger partial charge on any atom is -0.482 e. The van der Waals surface area contributed by atoms with Crippen LogP contribution in [0.5, 0.6) is 5.75 Å². The van der Waals surface area contributed by atoms with Gasteiger partial charge in [-0.2, -0.15) is 13.2 Å². The molecule has 1 atom stereocenters. The Hall–Kier alpha value is -3.82. The van der Waals surface area contributed by atoms with Crippen LogP contribution >= 0.6 is 0 Å². The van der Waals surface area contributed by atoms with E-state index in [0.717, 1.165) is 24.3 Å². The second-order valence-electron chi connectivity index (χ2n) is 6.44. The van der Waals surface area contributed by atoms with Gasteiger partial charge in [0.15, 0.2) is 12.7 Å². The van der Waals surface area contributed by atoms with Crippen LogP contribution < -0.4 is 15.7 Å². The molecule has 162 valence electrons. The second-order valence-corrected chi connectivity index (χ2v) is 6.44. The standard InChI is InChI=1S/C21H16F3NO6/c1-12(20(28)25-15-6-4-14(5-7-15)21(22,23)24)30-19(27)11-29-16-8-2-13-3-9-18(26)31-17(13)10-16/h2-10,12H,11H2,1H3,(H,25,28). The summed E-state index contributed by atoms with van der Waals surface area (Å²) in [6.45, 7) is 0.794. The van der Waals surface area contributed by atoms with Gasteiger partial charge in [0.05, 0.1) is 5.56 Å². The fraction of sp³-hybridized carbons (Fsp3) is 0.190. The number of carbonyl (C=O) groups is 2. The molecule has 0 aliphatic rings. The quantitative estimate of drug-likeness (QED) is 0.468. The summed E-state index contributed by atoms with van der Waals surface area (Å²) in [5.74, 6) is -1.31. The molecule has 0 bridgehead atoms. The van der Waals surface area contributed by atoms with Crippen LogP contribution in [-0.2, 0) is 20.5 Å². The van der Waals surface area contributed by atoms with Gasteiger partial charge in [-0.3, -0.25) is 4.79 Å². The van der Waals surface area contributed by atoms with Crippen LogP contribution in [0.25, 0.3) is 11.0 Å². The highest BCUT2D eigenvalue weighted by molar-refractivity contribution is 5.95. The summed E-state index contributed by atoms with van der Waals surface area (Å²) in [5.41, 5.74) is -0.982. The number of alkyl halides is 3. The van der Waals surface area contributed by atoms with Crippen LogP contribution in [0, 0.1) is 0 Å². The van der Waals surface area contributed by atoms with Gasteiger partial charge in [0, 0.05) is 23.2 Å². The van der Waals surface area contributed by atoms with E-state index in [2.05, 4.69) is 5.32 Å². The monoisotopic (exact) mass is 435 g/mol. The number of anilines is 1. The number of hydrogen-bond donors (Lipinski definition) is 1. The van der Waals surface area contributed by atoms with Gasteiger partial charge >= 0.3 is 17.8 Å². The first kappa shape index (κ1) is 21.9. The van der Waals surface area contributed by atoms with Gasteiger partial charge in [-0.25, -0.2) is 9.59 Å². The number of ether oxygens (including phenoxy) is 2. The largest absolute Gasteiger partial charge is 0.482 e. The van der Waals surface area contributed by atoms with E-state index >= 15 is 0 Å². The van der Waals surface area contributed by atoms with E-state index in [1.807, 2.05) is 0 Å². The van der Waals surface area contributed by atoms with Gasteiger partial charge in [0.2, 0.25) is 0 Å². The van der Waals surface area contributed by atoms with Gasteiger partial charge < -0.3 is 19.2 Å². The van der Waals surface area contributed by atoms with Crippen LogP contribution in [-0.4, -0.2) is 24.6 Å². The van der Waals surface area contributed by atoms with Gasteiger partial charge in [0.1, 0.15) is 11.3 Å². The molecule has 0 radical (unpaired) electrons. The molecular weight excluding hydrogens is 419 g/mol. The Morgan fingerprint density at radius 1 is 1.06 bits per heavy atom. The Balaban J connectivity index is 1.51. The number of fused-ring (bicyclic) bond motifs is 1. The van der Waals surface area contributed by atoms with Crippen LogP contribution in [0.15, 0.2) is 63.8 Å². The van der Waals surface area contributed by atoms with E-state index in [4.69, 9.17) is 13.9 Å². The molecule has 31 heavy (non-hydrogen) atoms. The first-order valence-corrected chi connectivity index (χ1v) is 8.96. The Labute approximate surface area is 173 Å². The first-order chi connectivity index (χ1) is 14.6. The normalized spacial score (nSPS) is 12.3. The molecule has 0 aliphatic carbocycles. The first-order valence-electron chi connectivity index (χ1n) is 8.96. The molecular formula is C21H16F3NO6. The van der Waals surface area contributed by atoms with Crippen LogP contribution in [0.4, 0.5) is 18.9 Å². The van der Waals surface area contributed by atoms with Crippen molar-refractivity contribution in [2.75, 3.05) is 11.9 Å². The molecule has 0 aliphatic heterocycles. The Morgan fingerprint density at radius 2 is 1.74 bits per heavy atom. The summed E-state index contributed by atoms with van der Waals surface area (Å²) < 4.78 is 53.0. The van der Waals surface area contributed by atoms with Gasteiger partial charge in [-0.05, 0) is 49.4 Å². The number of amides is 1. The maximum absolute atomic E-state index is 12.6. The highest BCUT2D eigenvalue weighted by atomic mass is 19.4. The van der Waals surface area contributed by atoms with E-state index in [1.54, 1.807) is 18.2 Å². The zero-order valence-electron chi connectivity index (χ0n) is 16.1. The average molecular weight is 435 g/mol. The minimum atomic E-state index is -4.48. The van der Waals surface area contributed by atoms with Crippen LogP contribution in [0.1, 0.15) is 12.5 Å². The molecule has 10 heteroatoms. The zero-order chi connectivity index (χ0) is 22.6. The fourth-order valence-corrected chi connectivity index (χ4v) is 2.54. The third-order valence-electron chi connectivity index (χ3n) is 4.11. The smallest absolute Gasteiger partial charge is 0.416 e. The van der Waals surface area contributed by atoms with E-state index in [0.29, 0.717) is 5.39 Å². The molecule has 0 spiro atoms. The Morgan fingerprint density at radius 3 is 2.42 bits per heavy atom. The molecule has 1 unspecified atom stereocenters. The van der Waals surface area contributed by atoms with Crippen LogP contribution in [0.3, 0.4) is 0 Å². The summed E-state index contributed by atoms with van der Waals surface area (Å²) >= 11 is 0. The highest BCUT2D eigenvalue weighted by Gasteiger charge is 2.30. The number of halogens is 3. The molecule has 1 aromatic heterocycles. The van der Waals surface area contributed by atoms with Crippen molar-refractivity contribution in [3.8, 4) is 5.75 Å². The van der Waals surface area contributed by atoms with Crippen LogP contribution in [0.2, 0.25) is 0 Å². The van der Waals surface area contributed by atoms with Gasteiger partial charge in [-0.1, -0.05) is 0 Å². The SMILES string of the molecule is CC(OC(=O)COc1ccc2ccc(=O)oc2c1)C(=O)Nc1ccc(C(F)(F)F)cc1. The van der Waals surface area contributed by atoms with Crippen molar-refractivity contribution < 1.29 is 36.7 Å². The maximum atomic E-state index is 12.6. The summed E-state index contributed by atoms with van der Waals surface area (Å²) in [4.78, 5) is 35.3. The number of nitrogens with one attached hydrogen (secondary N) is 1. The minimum absolute atomic E-state index is 0.120. The lowest BCUT2D eigenvalue weighted by atomic mass is 10.2. The number of esters is 1. The number of carbonyl (C=O) groups excluding carboxylic acids is 2. The summed E-state index contributed by atoms with van der Waals surface area (Å²) in [5, 5.41) is 3.03. The van der Waals surface area contributed by atoms with Gasteiger partial charge in [-0.15, -0.1) is 0 Å². The van der Waals surface area contributed by atoms with Crippen molar-refractivity contribution in [2.24, 2.45) is 0 Å². The van der Waals surface area contributed by atoms with E-state index in [1.165, 1.54) is 19.1 Å². The molecule has 7 nitrogen and oxygen atoms in total. The second kappa shape index (κ2) is 8.90. The van der Waals surface area contributed by atoms with E-state index in [9.17, 15) is 27.6 Å². The molecule has 1 amide bonds. The highest BCUT2D eigenvalue weighted by Crippen LogP contribution is 2.29. The molecule has 0 saturated carbocycles. The molecule has 3 rings (SSSR count). The van der Waals surface area contributed by atoms with Crippen molar-refractivity contribution >= 4 is 28.5 Å². The summed E-state index contributed by atoms with van der Waals surface area (Å²) in [7, 11) is 0. The summed E-state index contributed by atoms with van der Waals surface area (Å²) in [6, 6.07) is 11.3. The topological polar surface area (TPSA) is 94.8 Å². The Kier molecular flexibility index (Phi) is 6.28. The van der Waals surface area contributed by atoms with Crippen molar-refractivity contribution in [3.63, 3.8) is 0 Å². The molecule has 0 fully saturated rings. The number of rotatable bonds is 6. The predicted molar refractivity (Wildman–Crippen MR) is 104 cm³/mol. The number of benzene rings is 2. The van der Waals surface area contributed by atoms with Gasteiger partial charge in [0.25, 0.3) is 5.91 Å². The van der Waals surface area contributed by atoms with Crippen molar-refractivity contribution in [2.45, 2.75) is 19.2 Å². The van der Waals surface area contributed by atoms with E-state index in [-0.39, 0.29) is 17.0 Å². The van der Waals surface area contributed by atoms with Crippen molar-refractivity contribution in [3.05, 3.63) is 70.6 Å². The molecule has 1 heterocycles. The third-order valence-corrected chi connectivity index (χ3v) is 4.11. The predicted octanol–water partition coefficient (Wildman–Crippen LogP) is 3.76. The fourth-order valence-electron chi connectivity index (χ4n) is 2.54. The van der Waals surface area contributed by atoms with Crippen molar-refractivity contribution in [1.82, 2.24) is 0 Å². The molecule has 1 N–H and O–H groups in total. The lowest BCUT2D eigenvalue weighted by Crippen LogP contribution is -2.31. The van der Waals surface area contributed by atoms with Crippen molar-refractivity contribution in [1.29, 1.82) is 0 Å². The lowest BCUT2D eigenvalue weighted by Gasteiger charge is -2.14. The lowest BCUT2D eigenvalue weighted by molar-refractivity contribution is -0.155. The average Bonchev–Trinajstić information content (AvgIpc) is 2.71. The third kappa shape index (κ3) is 5.84. The molecule has 0 saturated heterocycles. The van der Waals surface area contributed by atoms with E-state index < -0.39 is 42.0 Å². The molecule has 3 aromatic rings. The number of hydrogen-bond acceptors (Lipinski definition) is 6. The molecule has 2 aromatic carbocycles. The Bertz CT molecular complexity index is 1150. The summed E-state index contributed by atoms with van der Waals surface area (Å²) in [6.07, 6.45) is -5.70. The zero-order valence-corrected chi connectivity index (χ0v) is 16.1.